The number of carbonyl (C=O) groups is 2. The summed E-state index contributed by atoms with van der Waals surface area (Å²) < 4.78 is 10.0. The van der Waals surface area contributed by atoms with Gasteiger partial charge in [0.1, 0.15) is 0 Å². The Morgan fingerprint density at radius 2 is 1.56 bits per heavy atom. The van der Waals surface area contributed by atoms with Crippen molar-refractivity contribution in [1.29, 1.82) is 0 Å². The number of hydrogen-bond donors (Lipinski definition) is 0. The third-order valence-electron chi connectivity index (χ3n) is 3.23. The average Bonchev–Trinajstić information content (AvgIpc) is 2.51. The smallest absolute Gasteiger partial charge is 0.338 e. The minimum absolute atomic E-state index is 0.0940. The van der Waals surface area contributed by atoms with Crippen LogP contribution in [0, 0.1) is 5.92 Å². The molecule has 100 valence electrons. The molecule has 1 rings (SSSR count). The van der Waals surface area contributed by atoms with Gasteiger partial charge in [-0.25, -0.2) is 9.59 Å². The molecule has 0 fully saturated rings. The van der Waals surface area contributed by atoms with E-state index in [4.69, 9.17) is 9.47 Å². The highest BCUT2D eigenvalue weighted by molar-refractivity contribution is 6.02. The average molecular weight is 252 g/mol. The van der Waals surface area contributed by atoms with Crippen molar-refractivity contribution in [2.24, 2.45) is 5.92 Å². The lowest BCUT2D eigenvalue weighted by Crippen LogP contribution is -2.13. The first-order chi connectivity index (χ1) is 8.45. The second kappa shape index (κ2) is 5.85. The summed E-state index contributed by atoms with van der Waals surface area (Å²) >= 11 is 0. The minimum Gasteiger partial charge on any atom is -0.463 e. The van der Waals surface area contributed by atoms with Crippen molar-refractivity contribution in [3.63, 3.8) is 0 Å². The van der Waals surface area contributed by atoms with E-state index < -0.39 is 0 Å². The summed E-state index contributed by atoms with van der Waals surface area (Å²) in [7, 11) is 0. The minimum atomic E-state index is -0.362. The van der Waals surface area contributed by atoms with Gasteiger partial charge in [-0.15, -0.1) is 0 Å². The first-order valence-corrected chi connectivity index (χ1v) is 6.21. The van der Waals surface area contributed by atoms with Crippen molar-refractivity contribution in [3.05, 3.63) is 22.3 Å². The maximum Gasteiger partial charge on any atom is 0.338 e. The number of rotatable bonds is 4. The fourth-order valence-corrected chi connectivity index (χ4v) is 2.24. The Hall–Kier alpha value is -1.58. The Bertz CT molecular complexity index is 429. The van der Waals surface area contributed by atoms with Crippen molar-refractivity contribution in [2.75, 3.05) is 13.2 Å². The topological polar surface area (TPSA) is 52.6 Å². The van der Waals surface area contributed by atoms with E-state index in [0.717, 1.165) is 5.57 Å². The van der Waals surface area contributed by atoms with Crippen molar-refractivity contribution >= 4 is 11.9 Å². The molecule has 0 amide bonds. The molecule has 0 aromatic heterocycles. The molecule has 0 aliphatic heterocycles. The van der Waals surface area contributed by atoms with Crippen LogP contribution in [0.2, 0.25) is 0 Å². The van der Waals surface area contributed by atoms with E-state index in [0.29, 0.717) is 29.9 Å². The van der Waals surface area contributed by atoms with E-state index in [1.807, 2.05) is 13.8 Å². The third kappa shape index (κ3) is 2.47. The molecule has 0 spiro atoms. The van der Waals surface area contributed by atoms with Gasteiger partial charge in [0.25, 0.3) is 0 Å². The second-order valence-electron chi connectivity index (χ2n) is 4.26. The third-order valence-corrected chi connectivity index (χ3v) is 3.23. The maximum atomic E-state index is 11.9. The number of esters is 2. The van der Waals surface area contributed by atoms with Gasteiger partial charge in [0.05, 0.1) is 18.8 Å². The van der Waals surface area contributed by atoms with E-state index in [-0.39, 0.29) is 17.9 Å². The number of allylic oxidation sites excluding steroid dienone is 1. The summed E-state index contributed by atoms with van der Waals surface area (Å²) in [6.45, 7) is 9.70. The van der Waals surface area contributed by atoms with Crippen LogP contribution in [0.5, 0.6) is 0 Å². The van der Waals surface area contributed by atoms with Crippen LogP contribution in [-0.4, -0.2) is 25.2 Å². The lowest BCUT2D eigenvalue weighted by Gasteiger charge is -2.10. The van der Waals surface area contributed by atoms with E-state index in [1.165, 1.54) is 0 Å². The first-order valence-electron chi connectivity index (χ1n) is 6.21. The van der Waals surface area contributed by atoms with Gasteiger partial charge in [0.2, 0.25) is 0 Å². The Balaban J connectivity index is 3.11. The largest absolute Gasteiger partial charge is 0.463 e. The predicted octanol–water partition coefficient (Wildman–Crippen LogP) is 2.40. The molecule has 4 nitrogen and oxygen atoms in total. The highest BCUT2D eigenvalue weighted by atomic mass is 16.5. The van der Waals surface area contributed by atoms with Gasteiger partial charge in [0, 0.05) is 11.5 Å². The normalized spacial score (nSPS) is 19.3. The van der Waals surface area contributed by atoms with Crippen molar-refractivity contribution in [1.82, 2.24) is 0 Å². The molecular weight excluding hydrogens is 232 g/mol. The number of hydrogen-bond acceptors (Lipinski definition) is 4. The summed E-state index contributed by atoms with van der Waals surface area (Å²) in [5.74, 6) is -0.803. The zero-order valence-corrected chi connectivity index (χ0v) is 11.6. The molecule has 18 heavy (non-hydrogen) atoms. The molecule has 1 atom stereocenters. The summed E-state index contributed by atoms with van der Waals surface area (Å²) in [6, 6.07) is 0. The monoisotopic (exact) mass is 252 g/mol. The van der Waals surface area contributed by atoms with Gasteiger partial charge >= 0.3 is 11.9 Å². The van der Waals surface area contributed by atoms with Gasteiger partial charge in [-0.05, 0) is 33.3 Å². The molecule has 0 saturated heterocycles. The Morgan fingerprint density at radius 3 is 2.06 bits per heavy atom. The zero-order chi connectivity index (χ0) is 13.9. The zero-order valence-electron chi connectivity index (χ0n) is 11.6. The van der Waals surface area contributed by atoms with E-state index in [9.17, 15) is 9.59 Å². The van der Waals surface area contributed by atoms with Crippen LogP contribution in [0.4, 0.5) is 0 Å². The summed E-state index contributed by atoms with van der Waals surface area (Å²) in [5, 5.41) is 0. The van der Waals surface area contributed by atoms with Gasteiger partial charge < -0.3 is 9.47 Å². The van der Waals surface area contributed by atoms with Crippen molar-refractivity contribution < 1.29 is 19.1 Å². The van der Waals surface area contributed by atoms with Crippen LogP contribution in [0.15, 0.2) is 22.3 Å². The number of carbonyl (C=O) groups excluding carboxylic acids is 2. The first kappa shape index (κ1) is 14.5. The van der Waals surface area contributed by atoms with Crippen LogP contribution in [0.3, 0.4) is 0 Å². The van der Waals surface area contributed by atoms with Gasteiger partial charge in [0.15, 0.2) is 0 Å². The van der Waals surface area contributed by atoms with E-state index in [1.54, 1.807) is 20.8 Å². The molecular formula is C14H20O4. The van der Waals surface area contributed by atoms with Crippen LogP contribution >= 0.6 is 0 Å². The van der Waals surface area contributed by atoms with Crippen LogP contribution in [0.25, 0.3) is 0 Å². The standard InChI is InChI=1S/C14H20O4/c1-6-17-13(15)11-8(3)9(4)12(10(11)5)14(16)18-7-2/h8H,6-7H2,1-5H3. The molecule has 0 aromatic rings. The summed E-state index contributed by atoms with van der Waals surface area (Å²) in [4.78, 5) is 23.8. The molecule has 1 aliphatic carbocycles. The van der Waals surface area contributed by atoms with E-state index in [2.05, 4.69) is 0 Å². The fraction of sp³-hybridized carbons (Fsp3) is 0.571. The second-order valence-corrected chi connectivity index (χ2v) is 4.26. The molecule has 4 heteroatoms. The fourth-order valence-electron chi connectivity index (χ4n) is 2.24. The van der Waals surface area contributed by atoms with Crippen molar-refractivity contribution in [2.45, 2.75) is 34.6 Å². The Morgan fingerprint density at radius 1 is 1.06 bits per heavy atom. The predicted molar refractivity (Wildman–Crippen MR) is 67.8 cm³/mol. The van der Waals surface area contributed by atoms with Gasteiger partial charge in [-0.1, -0.05) is 12.5 Å². The summed E-state index contributed by atoms with van der Waals surface area (Å²) in [5.41, 5.74) is 2.63. The maximum absolute atomic E-state index is 11.9. The van der Waals surface area contributed by atoms with Gasteiger partial charge in [-0.2, -0.15) is 0 Å². The molecule has 0 heterocycles. The van der Waals surface area contributed by atoms with Crippen molar-refractivity contribution in [3.8, 4) is 0 Å². The highest BCUT2D eigenvalue weighted by Crippen LogP contribution is 2.38. The molecule has 0 aromatic carbocycles. The molecule has 1 unspecified atom stereocenters. The highest BCUT2D eigenvalue weighted by Gasteiger charge is 2.34. The molecule has 0 saturated carbocycles. The lowest BCUT2D eigenvalue weighted by molar-refractivity contribution is -0.139. The van der Waals surface area contributed by atoms with Gasteiger partial charge in [-0.3, -0.25) is 0 Å². The quantitative estimate of drug-likeness (QED) is 0.721. The Labute approximate surface area is 108 Å². The molecule has 0 bridgehead atoms. The summed E-state index contributed by atoms with van der Waals surface area (Å²) in [6.07, 6.45) is 0. The molecule has 0 radical (unpaired) electrons. The van der Waals surface area contributed by atoms with Crippen LogP contribution in [-0.2, 0) is 19.1 Å². The van der Waals surface area contributed by atoms with Crippen LogP contribution < -0.4 is 0 Å². The SMILES string of the molecule is CCOC(=O)C1=C(C)C(C)C(C(=O)OCC)=C1C. The number of ether oxygens (including phenoxy) is 2. The Kier molecular flexibility index (Phi) is 4.70. The lowest BCUT2D eigenvalue weighted by atomic mass is 9.98. The molecule has 1 aliphatic rings. The molecule has 0 N–H and O–H groups in total. The van der Waals surface area contributed by atoms with E-state index >= 15 is 0 Å². The van der Waals surface area contributed by atoms with Crippen LogP contribution in [0.1, 0.15) is 34.6 Å².